The predicted molar refractivity (Wildman–Crippen MR) is 64.9 cm³/mol. The Bertz CT molecular complexity index is 519. The number of hydrogen-bond acceptors (Lipinski definition) is 6. The fraction of sp³-hybridized carbons (Fsp3) is 0.818. The van der Waals surface area contributed by atoms with E-state index in [0.29, 0.717) is 24.6 Å². The summed E-state index contributed by atoms with van der Waals surface area (Å²) in [7, 11) is -3.05. The third-order valence-electron chi connectivity index (χ3n) is 3.76. The second-order valence-electron chi connectivity index (χ2n) is 5.01. The van der Waals surface area contributed by atoms with Crippen molar-refractivity contribution in [2.24, 2.45) is 0 Å². The summed E-state index contributed by atoms with van der Waals surface area (Å²) in [5.41, 5.74) is 0. The third-order valence-corrected chi connectivity index (χ3v) is 5.93. The molecule has 1 atom stereocenters. The van der Waals surface area contributed by atoms with Crippen LogP contribution in [0.4, 0.5) is 0 Å². The van der Waals surface area contributed by atoms with Crippen LogP contribution in [-0.2, 0) is 9.84 Å². The number of nitrogens with one attached hydrogen (secondary N) is 1. The molecular formula is C11H17N3O3S. The number of rotatable bonds is 2. The van der Waals surface area contributed by atoms with Crippen molar-refractivity contribution in [3.8, 4) is 0 Å². The van der Waals surface area contributed by atoms with Crippen molar-refractivity contribution in [3.05, 3.63) is 11.7 Å². The fourth-order valence-corrected chi connectivity index (χ4v) is 4.49. The van der Waals surface area contributed by atoms with Crippen molar-refractivity contribution in [1.82, 2.24) is 15.5 Å². The first kappa shape index (κ1) is 12.1. The van der Waals surface area contributed by atoms with Crippen molar-refractivity contribution in [1.29, 1.82) is 0 Å². The van der Waals surface area contributed by atoms with Crippen LogP contribution in [0.3, 0.4) is 0 Å². The summed E-state index contributed by atoms with van der Waals surface area (Å²) in [6.07, 6.45) is 3.26. The van der Waals surface area contributed by atoms with E-state index in [9.17, 15) is 8.42 Å². The molecule has 0 radical (unpaired) electrons. The Morgan fingerprint density at radius 3 is 2.67 bits per heavy atom. The summed E-state index contributed by atoms with van der Waals surface area (Å²) >= 11 is 0. The van der Waals surface area contributed by atoms with Crippen LogP contribution in [0.25, 0.3) is 0 Å². The number of piperidine rings is 1. The largest absolute Gasteiger partial charge is 0.339 e. The maximum atomic E-state index is 11.8. The van der Waals surface area contributed by atoms with Gasteiger partial charge in [0.15, 0.2) is 15.7 Å². The second-order valence-corrected chi connectivity index (χ2v) is 7.32. The average molecular weight is 271 g/mol. The van der Waals surface area contributed by atoms with Gasteiger partial charge in [-0.3, -0.25) is 0 Å². The maximum absolute atomic E-state index is 11.8. The molecule has 0 saturated carbocycles. The first-order valence-electron chi connectivity index (χ1n) is 6.42. The molecule has 3 rings (SSSR count). The van der Waals surface area contributed by atoms with Gasteiger partial charge in [-0.2, -0.15) is 4.98 Å². The van der Waals surface area contributed by atoms with E-state index in [1.54, 1.807) is 0 Å². The number of aromatic nitrogens is 2. The van der Waals surface area contributed by atoms with E-state index in [-0.39, 0.29) is 11.7 Å². The average Bonchev–Trinajstić information content (AvgIpc) is 2.96. The second kappa shape index (κ2) is 4.62. The number of sulfone groups is 1. The van der Waals surface area contributed by atoms with Crippen molar-refractivity contribution >= 4 is 9.84 Å². The van der Waals surface area contributed by atoms with Gasteiger partial charge >= 0.3 is 0 Å². The van der Waals surface area contributed by atoms with Gasteiger partial charge in [0.2, 0.25) is 5.89 Å². The van der Waals surface area contributed by atoms with E-state index >= 15 is 0 Å². The van der Waals surface area contributed by atoms with Gasteiger partial charge in [-0.25, -0.2) is 8.42 Å². The molecule has 1 unspecified atom stereocenters. The minimum Gasteiger partial charge on any atom is -0.339 e. The standard InChI is InChI=1S/C11H17N3O3S/c15-18(16)7-1-2-9(18)10-13-11(17-14-10)8-3-5-12-6-4-8/h8-9,12H,1-7H2. The van der Waals surface area contributed by atoms with E-state index in [1.165, 1.54) is 0 Å². The molecular weight excluding hydrogens is 254 g/mol. The summed E-state index contributed by atoms with van der Waals surface area (Å²) in [6, 6.07) is 0. The highest BCUT2D eigenvalue weighted by molar-refractivity contribution is 7.91. The fourth-order valence-electron chi connectivity index (χ4n) is 2.69. The molecule has 7 heteroatoms. The van der Waals surface area contributed by atoms with Gasteiger partial charge in [-0.15, -0.1) is 0 Å². The van der Waals surface area contributed by atoms with Crippen LogP contribution in [0, 0.1) is 0 Å². The van der Waals surface area contributed by atoms with Crippen LogP contribution in [0.1, 0.15) is 48.6 Å². The van der Waals surface area contributed by atoms with E-state index < -0.39 is 15.1 Å². The van der Waals surface area contributed by atoms with Crippen LogP contribution in [-0.4, -0.2) is 37.4 Å². The topological polar surface area (TPSA) is 85.1 Å². The lowest BCUT2D eigenvalue weighted by molar-refractivity contribution is 0.318. The Morgan fingerprint density at radius 1 is 1.22 bits per heavy atom. The summed E-state index contributed by atoms with van der Waals surface area (Å²) in [5, 5.41) is 6.61. The summed E-state index contributed by atoms with van der Waals surface area (Å²) in [5.74, 6) is 1.49. The minimum absolute atomic E-state index is 0.245. The zero-order valence-corrected chi connectivity index (χ0v) is 10.9. The molecule has 2 aliphatic rings. The van der Waals surface area contributed by atoms with Crippen LogP contribution >= 0.6 is 0 Å². The van der Waals surface area contributed by atoms with E-state index in [4.69, 9.17) is 4.52 Å². The zero-order chi connectivity index (χ0) is 12.6. The molecule has 6 nitrogen and oxygen atoms in total. The molecule has 2 fully saturated rings. The van der Waals surface area contributed by atoms with Crippen molar-refractivity contribution in [3.63, 3.8) is 0 Å². The monoisotopic (exact) mass is 271 g/mol. The van der Waals surface area contributed by atoms with Crippen LogP contribution < -0.4 is 5.32 Å². The summed E-state index contributed by atoms with van der Waals surface area (Å²) in [6.45, 7) is 1.90. The molecule has 100 valence electrons. The van der Waals surface area contributed by atoms with Crippen molar-refractivity contribution in [2.45, 2.75) is 36.9 Å². The van der Waals surface area contributed by atoms with Gasteiger partial charge in [0.1, 0.15) is 5.25 Å². The lowest BCUT2D eigenvalue weighted by Gasteiger charge is -2.18. The first-order chi connectivity index (χ1) is 8.67. The Hall–Kier alpha value is -0.950. The summed E-state index contributed by atoms with van der Waals surface area (Å²) < 4.78 is 28.9. The molecule has 0 amide bonds. The number of hydrogen-bond donors (Lipinski definition) is 1. The van der Waals surface area contributed by atoms with Crippen LogP contribution in [0.15, 0.2) is 4.52 Å². The molecule has 2 aliphatic heterocycles. The smallest absolute Gasteiger partial charge is 0.229 e. The highest BCUT2D eigenvalue weighted by atomic mass is 32.2. The van der Waals surface area contributed by atoms with Gasteiger partial charge in [-0.05, 0) is 38.8 Å². The van der Waals surface area contributed by atoms with Crippen molar-refractivity contribution < 1.29 is 12.9 Å². The molecule has 0 aliphatic carbocycles. The van der Waals surface area contributed by atoms with Crippen LogP contribution in [0.2, 0.25) is 0 Å². The molecule has 2 saturated heterocycles. The molecule has 18 heavy (non-hydrogen) atoms. The molecule has 1 N–H and O–H groups in total. The zero-order valence-electron chi connectivity index (χ0n) is 10.1. The summed E-state index contributed by atoms with van der Waals surface area (Å²) in [4.78, 5) is 4.33. The van der Waals surface area contributed by atoms with Gasteiger partial charge in [-0.1, -0.05) is 5.16 Å². The SMILES string of the molecule is O=S1(=O)CCCC1c1noc(C2CCNCC2)n1. The third kappa shape index (κ3) is 2.16. The van der Waals surface area contributed by atoms with Crippen LogP contribution in [0.5, 0.6) is 0 Å². The maximum Gasteiger partial charge on any atom is 0.229 e. The molecule has 3 heterocycles. The Labute approximate surface area is 106 Å². The lowest BCUT2D eigenvalue weighted by Crippen LogP contribution is -2.26. The minimum atomic E-state index is -3.05. The van der Waals surface area contributed by atoms with Gasteiger partial charge in [0.25, 0.3) is 0 Å². The predicted octanol–water partition coefficient (Wildman–Crippen LogP) is 0.786. The van der Waals surface area contributed by atoms with E-state index in [1.807, 2.05) is 0 Å². The Balaban J connectivity index is 1.81. The van der Waals surface area contributed by atoms with Gasteiger partial charge < -0.3 is 9.84 Å². The van der Waals surface area contributed by atoms with Crippen molar-refractivity contribution in [2.75, 3.05) is 18.8 Å². The highest BCUT2D eigenvalue weighted by Gasteiger charge is 2.36. The Morgan fingerprint density at radius 2 is 2.00 bits per heavy atom. The lowest BCUT2D eigenvalue weighted by atomic mass is 9.98. The van der Waals surface area contributed by atoms with E-state index in [2.05, 4.69) is 15.5 Å². The van der Waals surface area contributed by atoms with Gasteiger partial charge in [0.05, 0.1) is 5.75 Å². The van der Waals surface area contributed by atoms with Gasteiger partial charge in [0, 0.05) is 5.92 Å². The Kier molecular flexibility index (Phi) is 3.11. The quantitative estimate of drug-likeness (QED) is 0.856. The normalized spacial score (nSPS) is 28.6. The molecule has 0 aromatic carbocycles. The molecule has 0 spiro atoms. The first-order valence-corrected chi connectivity index (χ1v) is 8.14. The molecule has 1 aromatic heterocycles. The highest BCUT2D eigenvalue weighted by Crippen LogP contribution is 2.34. The molecule has 0 bridgehead atoms. The molecule has 1 aromatic rings. The number of nitrogens with zero attached hydrogens (tertiary/aromatic N) is 2. The van der Waals surface area contributed by atoms with E-state index in [0.717, 1.165) is 25.9 Å².